The summed E-state index contributed by atoms with van der Waals surface area (Å²) in [6, 6.07) is 1.14. The van der Waals surface area contributed by atoms with Gasteiger partial charge in [-0.15, -0.1) is 0 Å². The normalized spacial score (nSPS) is 10.0. The van der Waals surface area contributed by atoms with E-state index in [4.69, 9.17) is 5.11 Å². The lowest BCUT2D eigenvalue weighted by atomic mass is 10.2. The number of halogens is 1. The summed E-state index contributed by atoms with van der Waals surface area (Å²) in [6.07, 6.45) is 3.20. The van der Waals surface area contributed by atoms with Crippen LogP contribution in [0, 0.1) is 5.82 Å². The zero-order valence-electron chi connectivity index (χ0n) is 8.16. The van der Waals surface area contributed by atoms with Crippen LogP contribution >= 0.6 is 11.8 Å². The maximum atomic E-state index is 13.4. The molecule has 0 aliphatic rings. The van der Waals surface area contributed by atoms with Crippen molar-refractivity contribution in [2.24, 2.45) is 0 Å². The average molecular weight is 230 g/mol. The van der Waals surface area contributed by atoms with Gasteiger partial charge in [-0.2, -0.15) is 11.8 Å². The van der Waals surface area contributed by atoms with Gasteiger partial charge in [0.2, 0.25) is 0 Å². The van der Waals surface area contributed by atoms with Crippen LogP contribution in [0.25, 0.3) is 0 Å². The highest BCUT2D eigenvalue weighted by Crippen LogP contribution is 2.14. The molecule has 82 valence electrons. The van der Waals surface area contributed by atoms with E-state index in [0.29, 0.717) is 6.54 Å². The highest BCUT2D eigenvalue weighted by Gasteiger charge is 2.14. The molecule has 2 N–H and O–H groups in total. The maximum Gasteiger partial charge on any atom is 0.338 e. The highest BCUT2D eigenvalue weighted by molar-refractivity contribution is 7.98. The molecule has 1 aromatic heterocycles. The van der Waals surface area contributed by atoms with Gasteiger partial charge in [0.1, 0.15) is 5.56 Å². The molecule has 0 aromatic carbocycles. The summed E-state index contributed by atoms with van der Waals surface area (Å²) in [7, 11) is 0. The van der Waals surface area contributed by atoms with Crippen LogP contribution in [0.4, 0.5) is 10.2 Å². The summed E-state index contributed by atoms with van der Waals surface area (Å²) in [5.74, 6) is -1.31. The fourth-order valence-corrected chi connectivity index (χ4v) is 1.31. The number of carbonyl (C=O) groups is 1. The molecule has 1 heterocycles. The Hall–Kier alpha value is -1.30. The first-order valence-electron chi connectivity index (χ1n) is 4.27. The molecule has 0 spiro atoms. The predicted octanol–water partition coefficient (Wildman–Crippen LogP) is 1.69. The Labute approximate surface area is 90.9 Å². The summed E-state index contributed by atoms with van der Waals surface area (Å²) in [6.45, 7) is 0.550. The lowest BCUT2D eigenvalue weighted by molar-refractivity contribution is 0.0692. The minimum Gasteiger partial charge on any atom is -0.478 e. The number of anilines is 1. The van der Waals surface area contributed by atoms with Crippen molar-refractivity contribution >= 4 is 23.5 Å². The SMILES string of the molecule is CSCCNc1nccc(C(=O)O)c1F. The third kappa shape index (κ3) is 3.09. The smallest absolute Gasteiger partial charge is 0.338 e. The third-order valence-electron chi connectivity index (χ3n) is 1.72. The van der Waals surface area contributed by atoms with E-state index in [1.54, 1.807) is 11.8 Å². The van der Waals surface area contributed by atoms with Crippen LogP contribution in [0.2, 0.25) is 0 Å². The van der Waals surface area contributed by atoms with Crippen molar-refractivity contribution in [3.63, 3.8) is 0 Å². The summed E-state index contributed by atoms with van der Waals surface area (Å²) >= 11 is 1.61. The quantitative estimate of drug-likeness (QED) is 0.754. The molecule has 0 aliphatic heterocycles. The number of hydrogen-bond acceptors (Lipinski definition) is 4. The van der Waals surface area contributed by atoms with E-state index in [1.165, 1.54) is 6.20 Å². The monoisotopic (exact) mass is 230 g/mol. The lowest BCUT2D eigenvalue weighted by Gasteiger charge is -2.06. The van der Waals surface area contributed by atoms with Crippen molar-refractivity contribution in [1.82, 2.24) is 4.98 Å². The van der Waals surface area contributed by atoms with Crippen LogP contribution < -0.4 is 5.32 Å². The standard InChI is InChI=1S/C9H11FN2O2S/c1-15-5-4-12-8-7(10)6(9(13)14)2-3-11-8/h2-3H,4-5H2,1H3,(H,11,12)(H,13,14). The number of nitrogens with zero attached hydrogens (tertiary/aromatic N) is 1. The first kappa shape index (κ1) is 11.8. The van der Waals surface area contributed by atoms with Gasteiger partial charge in [-0.3, -0.25) is 0 Å². The summed E-state index contributed by atoms with van der Waals surface area (Å²) in [5.41, 5.74) is -0.364. The minimum absolute atomic E-state index is 0.0102. The van der Waals surface area contributed by atoms with Crippen molar-refractivity contribution in [2.45, 2.75) is 0 Å². The number of carboxylic acid groups (broad SMARTS) is 1. The molecule has 15 heavy (non-hydrogen) atoms. The molecule has 1 aromatic rings. The van der Waals surface area contributed by atoms with Crippen LogP contribution in [0.5, 0.6) is 0 Å². The Balaban J connectivity index is 2.80. The molecule has 6 heteroatoms. The predicted molar refractivity (Wildman–Crippen MR) is 58.0 cm³/mol. The van der Waals surface area contributed by atoms with Crippen LogP contribution in [0.3, 0.4) is 0 Å². The van der Waals surface area contributed by atoms with Crippen LogP contribution in [0.1, 0.15) is 10.4 Å². The zero-order valence-corrected chi connectivity index (χ0v) is 8.97. The Bertz CT molecular complexity index is 360. The number of hydrogen-bond donors (Lipinski definition) is 2. The van der Waals surface area contributed by atoms with E-state index in [1.807, 2.05) is 6.26 Å². The number of thioether (sulfide) groups is 1. The van der Waals surface area contributed by atoms with Crippen molar-refractivity contribution in [1.29, 1.82) is 0 Å². The van der Waals surface area contributed by atoms with Crippen LogP contribution in [0.15, 0.2) is 12.3 Å². The van der Waals surface area contributed by atoms with Crippen molar-refractivity contribution in [2.75, 3.05) is 23.9 Å². The number of rotatable bonds is 5. The molecule has 0 fully saturated rings. The van der Waals surface area contributed by atoms with Gasteiger partial charge in [0, 0.05) is 18.5 Å². The molecule has 0 saturated heterocycles. The molecule has 0 amide bonds. The van der Waals surface area contributed by atoms with E-state index in [0.717, 1.165) is 11.8 Å². The Morgan fingerprint density at radius 2 is 2.47 bits per heavy atom. The van der Waals surface area contributed by atoms with E-state index >= 15 is 0 Å². The van der Waals surface area contributed by atoms with E-state index < -0.39 is 11.8 Å². The van der Waals surface area contributed by atoms with Crippen molar-refractivity contribution in [3.05, 3.63) is 23.6 Å². The number of aromatic nitrogens is 1. The summed E-state index contributed by atoms with van der Waals surface area (Å²) < 4.78 is 13.4. The van der Waals surface area contributed by atoms with Crippen molar-refractivity contribution < 1.29 is 14.3 Å². The number of carboxylic acids is 1. The second-order valence-corrected chi connectivity index (χ2v) is 3.73. The zero-order chi connectivity index (χ0) is 11.3. The molecule has 0 atom stereocenters. The Kier molecular flexibility index (Phi) is 4.36. The fraction of sp³-hybridized carbons (Fsp3) is 0.333. The molecular formula is C9H11FN2O2S. The first-order valence-corrected chi connectivity index (χ1v) is 5.66. The van der Waals surface area contributed by atoms with Gasteiger partial charge in [-0.05, 0) is 12.3 Å². The molecular weight excluding hydrogens is 219 g/mol. The third-order valence-corrected chi connectivity index (χ3v) is 2.33. The maximum absolute atomic E-state index is 13.4. The molecule has 0 radical (unpaired) electrons. The Morgan fingerprint density at radius 1 is 1.73 bits per heavy atom. The molecule has 0 bridgehead atoms. The van der Waals surface area contributed by atoms with Gasteiger partial charge >= 0.3 is 5.97 Å². The molecule has 0 saturated carbocycles. The van der Waals surface area contributed by atoms with Gasteiger partial charge in [-0.1, -0.05) is 0 Å². The molecule has 0 aliphatic carbocycles. The van der Waals surface area contributed by atoms with E-state index in [2.05, 4.69) is 10.3 Å². The topological polar surface area (TPSA) is 62.2 Å². The van der Waals surface area contributed by atoms with Gasteiger partial charge in [0.25, 0.3) is 0 Å². The summed E-state index contributed by atoms with van der Waals surface area (Å²) in [4.78, 5) is 14.3. The lowest BCUT2D eigenvalue weighted by Crippen LogP contribution is -2.10. The van der Waals surface area contributed by atoms with Gasteiger partial charge < -0.3 is 10.4 Å². The second-order valence-electron chi connectivity index (χ2n) is 2.75. The largest absolute Gasteiger partial charge is 0.478 e. The Morgan fingerprint density at radius 3 is 3.07 bits per heavy atom. The average Bonchev–Trinajstić information content (AvgIpc) is 2.20. The van der Waals surface area contributed by atoms with Gasteiger partial charge in [0.05, 0.1) is 0 Å². The number of aromatic carboxylic acids is 1. The van der Waals surface area contributed by atoms with Crippen LogP contribution in [-0.2, 0) is 0 Å². The summed E-state index contributed by atoms with van der Waals surface area (Å²) in [5, 5.41) is 11.4. The first-order chi connectivity index (χ1) is 7.16. The van der Waals surface area contributed by atoms with Gasteiger partial charge in [-0.25, -0.2) is 14.2 Å². The van der Waals surface area contributed by atoms with E-state index in [9.17, 15) is 9.18 Å². The molecule has 0 unspecified atom stereocenters. The van der Waals surface area contributed by atoms with E-state index in [-0.39, 0.29) is 11.4 Å². The van der Waals surface area contributed by atoms with Crippen LogP contribution in [-0.4, -0.2) is 34.6 Å². The molecule has 1 rings (SSSR count). The molecule has 4 nitrogen and oxygen atoms in total. The second kappa shape index (κ2) is 5.55. The van der Waals surface area contributed by atoms with Crippen molar-refractivity contribution in [3.8, 4) is 0 Å². The minimum atomic E-state index is -1.29. The fourth-order valence-electron chi connectivity index (χ4n) is 1.00. The number of pyridine rings is 1. The van der Waals surface area contributed by atoms with Gasteiger partial charge in [0.15, 0.2) is 11.6 Å². The highest BCUT2D eigenvalue weighted by atomic mass is 32.2. The number of nitrogens with one attached hydrogen (secondary N) is 1.